The van der Waals surface area contributed by atoms with E-state index in [1.807, 2.05) is 0 Å². The van der Waals surface area contributed by atoms with Crippen LogP contribution in [0.5, 0.6) is 0 Å². The van der Waals surface area contributed by atoms with E-state index in [2.05, 4.69) is 61.7 Å². The largest absolute Gasteiger partial charge is 0.351 e. The number of nitrogens with zero attached hydrogens (tertiary/aromatic N) is 2. The molecule has 2 aliphatic rings. The van der Waals surface area contributed by atoms with Crippen LogP contribution >= 0.6 is 0 Å². The zero-order valence-corrected chi connectivity index (χ0v) is 16.2. The summed E-state index contributed by atoms with van der Waals surface area (Å²) in [5, 5.41) is 7.04. The molecule has 2 fully saturated rings. The minimum atomic E-state index is 0.172. The van der Waals surface area contributed by atoms with Crippen molar-refractivity contribution in [2.45, 2.75) is 76.7 Å². The molecule has 0 radical (unpaired) electrons. The first-order chi connectivity index (χ1) is 12.5. The molecule has 0 amide bonds. The summed E-state index contributed by atoms with van der Waals surface area (Å²) in [6, 6.07) is 11.3. The molecule has 1 aromatic heterocycles. The van der Waals surface area contributed by atoms with Crippen molar-refractivity contribution >= 4 is 17.5 Å². The Balaban J connectivity index is 1.53. The highest BCUT2D eigenvalue weighted by atomic mass is 15.2. The average Bonchev–Trinajstić information content (AvgIpc) is 3.33. The maximum atomic E-state index is 4.78. The second kappa shape index (κ2) is 6.90. The van der Waals surface area contributed by atoms with Crippen molar-refractivity contribution in [1.29, 1.82) is 0 Å². The molecule has 0 saturated heterocycles. The Kier molecular flexibility index (Phi) is 4.60. The van der Waals surface area contributed by atoms with Gasteiger partial charge in [-0.3, -0.25) is 0 Å². The summed E-state index contributed by atoms with van der Waals surface area (Å²) in [5.74, 6) is 2.30. The van der Waals surface area contributed by atoms with E-state index in [0.29, 0.717) is 12.0 Å². The number of rotatable bonds is 5. The standard InChI is InChI=1S/C22H30N4/c1-22(2,3)16-10-12-18(13-11-16)23-20-14-19(15-8-9-15)25-21(26-20)24-17-6-4-5-7-17/h10-15,17H,4-9H2,1-3H3,(H2,23,24,25,26). The third-order valence-electron chi connectivity index (χ3n) is 5.45. The van der Waals surface area contributed by atoms with Crippen molar-refractivity contribution in [3.63, 3.8) is 0 Å². The lowest BCUT2D eigenvalue weighted by Gasteiger charge is -2.19. The Hall–Kier alpha value is -2.10. The summed E-state index contributed by atoms with van der Waals surface area (Å²) in [5.41, 5.74) is 3.76. The quantitative estimate of drug-likeness (QED) is 0.721. The molecule has 1 heterocycles. The highest BCUT2D eigenvalue weighted by Gasteiger charge is 2.27. The molecule has 138 valence electrons. The maximum absolute atomic E-state index is 4.78. The van der Waals surface area contributed by atoms with Crippen LogP contribution in [-0.2, 0) is 5.41 Å². The first kappa shape index (κ1) is 17.3. The summed E-state index contributed by atoms with van der Waals surface area (Å²) in [7, 11) is 0. The number of nitrogens with one attached hydrogen (secondary N) is 2. The van der Waals surface area contributed by atoms with Crippen LogP contribution in [0.2, 0.25) is 0 Å². The Bertz CT molecular complexity index is 751. The van der Waals surface area contributed by atoms with E-state index in [1.54, 1.807) is 0 Å². The van der Waals surface area contributed by atoms with Gasteiger partial charge in [-0.15, -0.1) is 0 Å². The van der Waals surface area contributed by atoms with Crippen LogP contribution in [0.25, 0.3) is 0 Å². The van der Waals surface area contributed by atoms with Crippen LogP contribution in [0.15, 0.2) is 30.3 Å². The van der Waals surface area contributed by atoms with Crippen LogP contribution in [0.3, 0.4) is 0 Å². The SMILES string of the molecule is CC(C)(C)c1ccc(Nc2cc(C3CC3)nc(NC3CCCC3)n2)cc1. The van der Waals surface area contributed by atoms with Crippen LogP contribution in [-0.4, -0.2) is 16.0 Å². The van der Waals surface area contributed by atoms with Gasteiger partial charge in [0.2, 0.25) is 5.95 Å². The lowest BCUT2D eigenvalue weighted by atomic mass is 9.87. The summed E-state index contributed by atoms with van der Waals surface area (Å²) >= 11 is 0. The van der Waals surface area contributed by atoms with E-state index in [4.69, 9.17) is 9.97 Å². The molecule has 4 rings (SSSR count). The Morgan fingerprint density at radius 1 is 0.923 bits per heavy atom. The second-order valence-corrected chi connectivity index (χ2v) is 8.85. The average molecular weight is 351 g/mol. The molecule has 4 heteroatoms. The fourth-order valence-corrected chi connectivity index (χ4v) is 3.64. The minimum absolute atomic E-state index is 0.172. The normalized spacial score (nSPS) is 18.1. The van der Waals surface area contributed by atoms with Crippen LogP contribution < -0.4 is 10.6 Å². The van der Waals surface area contributed by atoms with Crippen LogP contribution in [0.1, 0.15) is 76.5 Å². The minimum Gasteiger partial charge on any atom is -0.351 e. The topological polar surface area (TPSA) is 49.8 Å². The molecule has 2 N–H and O–H groups in total. The molecular formula is C22H30N4. The third kappa shape index (κ3) is 4.17. The maximum Gasteiger partial charge on any atom is 0.225 e. The number of hydrogen-bond donors (Lipinski definition) is 2. The predicted octanol–water partition coefficient (Wildman–Crippen LogP) is 5.75. The van der Waals surface area contributed by atoms with Gasteiger partial charge in [-0.2, -0.15) is 4.98 Å². The number of aromatic nitrogens is 2. The highest BCUT2D eigenvalue weighted by molar-refractivity contribution is 5.58. The Morgan fingerprint density at radius 2 is 1.62 bits per heavy atom. The lowest BCUT2D eigenvalue weighted by Crippen LogP contribution is -2.17. The van der Waals surface area contributed by atoms with Gasteiger partial charge in [0.05, 0.1) is 5.69 Å². The predicted molar refractivity (Wildman–Crippen MR) is 108 cm³/mol. The van der Waals surface area contributed by atoms with Gasteiger partial charge >= 0.3 is 0 Å². The second-order valence-electron chi connectivity index (χ2n) is 8.85. The van der Waals surface area contributed by atoms with E-state index in [1.165, 1.54) is 49.8 Å². The molecule has 2 aliphatic carbocycles. The lowest BCUT2D eigenvalue weighted by molar-refractivity contribution is 0.590. The number of hydrogen-bond acceptors (Lipinski definition) is 4. The van der Waals surface area contributed by atoms with Crippen LogP contribution in [0, 0.1) is 0 Å². The molecule has 0 spiro atoms. The first-order valence-corrected chi connectivity index (χ1v) is 10.0. The van der Waals surface area contributed by atoms with Gasteiger partial charge in [0.25, 0.3) is 0 Å². The molecule has 4 nitrogen and oxygen atoms in total. The molecule has 0 unspecified atom stereocenters. The zero-order valence-electron chi connectivity index (χ0n) is 16.2. The monoisotopic (exact) mass is 350 g/mol. The van der Waals surface area contributed by atoms with Crippen molar-refractivity contribution < 1.29 is 0 Å². The number of anilines is 3. The van der Waals surface area contributed by atoms with Gasteiger partial charge in [0, 0.05) is 23.7 Å². The van der Waals surface area contributed by atoms with Crippen molar-refractivity contribution in [3.8, 4) is 0 Å². The van der Waals surface area contributed by atoms with Gasteiger partial charge in [-0.1, -0.05) is 45.7 Å². The van der Waals surface area contributed by atoms with E-state index >= 15 is 0 Å². The third-order valence-corrected chi connectivity index (χ3v) is 5.45. The zero-order chi connectivity index (χ0) is 18.1. The molecular weight excluding hydrogens is 320 g/mol. The van der Waals surface area contributed by atoms with Gasteiger partial charge in [-0.05, 0) is 48.8 Å². The fourth-order valence-electron chi connectivity index (χ4n) is 3.64. The summed E-state index contributed by atoms with van der Waals surface area (Å²) in [4.78, 5) is 9.52. The van der Waals surface area contributed by atoms with Crippen molar-refractivity contribution in [2.24, 2.45) is 0 Å². The Labute approximate surface area is 156 Å². The van der Waals surface area contributed by atoms with E-state index in [9.17, 15) is 0 Å². The molecule has 26 heavy (non-hydrogen) atoms. The van der Waals surface area contributed by atoms with E-state index < -0.39 is 0 Å². The van der Waals surface area contributed by atoms with E-state index in [-0.39, 0.29) is 5.41 Å². The van der Waals surface area contributed by atoms with E-state index in [0.717, 1.165) is 17.5 Å². The summed E-state index contributed by atoms with van der Waals surface area (Å²) < 4.78 is 0. The molecule has 2 aromatic rings. The smallest absolute Gasteiger partial charge is 0.225 e. The summed E-state index contributed by atoms with van der Waals surface area (Å²) in [6.07, 6.45) is 7.58. The van der Waals surface area contributed by atoms with Crippen molar-refractivity contribution in [2.75, 3.05) is 10.6 Å². The van der Waals surface area contributed by atoms with Gasteiger partial charge < -0.3 is 10.6 Å². The first-order valence-electron chi connectivity index (χ1n) is 10.0. The van der Waals surface area contributed by atoms with Gasteiger partial charge in [0.15, 0.2) is 0 Å². The molecule has 0 aliphatic heterocycles. The summed E-state index contributed by atoms with van der Waals surface area (Å²) in [6.45, 7) is 6.72. The van der Waals surface area contributed by atoms with Crippen molar-refractivity contribution in [1.82, 2.24) is 9.97 Å². The highest BCUT2D eigenvalue weighted by Crippen LogP contribution is 2.40. The molecule has 2 saturated carbocycles. The molecule has 0 bridgehead atoms. The molecule has 1 aromatic carbocycles. The van der Waals surface area contributed by atoms with Crippen molar-refractivity contribution in [3.05, 3.63) is 41.6 Å². The fraction of sp³-hybridized carbons (Fsp3) is 0.545. The number of benzene rings is 1. The van der Waals surface area contributed by atoms with Gasteiger partial charge in [-0.25, -0.2) is 4.98 Å². The Morgan fingerprint density at radius 3 is 2.23 bits per heavy atom. The molecule has 0 atom stereocenters. The van der Waals surface area contributed by atoms with Crippen LogP contribution in [0.4, 0.5) is 17.5 Å². The van der Waals surface area contributed by atoms with Gasteiger partial charge in [0.1, 0.15) is 5.82 Å².